The SMILES string of the molecule is N#CCN(C(=O)[C@@H]1COc2ccccc2O1)C1CC1. The van der Waals surface area contributed by atoms with Gasteiger partial charge < -0.3 is 14.4 Å². The summed E-state index contributed by atoms with van der Waals surface area (Å²) in [7, 11) is 0. The van der Waals surface area contributed by atoms with E-state index < -0.39 is 6.10 Å². The van der Waals surface area contributed by atoms with Crippen molar-refractivity contribution in [3.8, 4) is 17.6 Å². The van der Waals surface area contributed by atoms with Crippen molar-refractivity contribution in [3.63, 3.8) is 0 Å². The number of carbonyl (C=O) groups is 1. The molecule has 0 bridgehead atoms. The van der Waals surface area contributed by atoms with E-state index in [9.17, 15) is 4.79 Å². The van der Waals surface area contributed by atoms with Crippen LogP contribution in [0.1, 0.15) is 12.8 Å². The van der Waals surface area contributed by atoms with Crippen LogP contribution in [-0.2, 0) is 4.79 Å². The Morgan fingerprint density at radius 2 is 2.11 bits per heavy atom. The monoisotopic (exact) mass is 258 g/mol. The quantitative estimate of drug-likeness (QED) is 0.767. The molecule has 1 aromatic carbocycles. The second kappa shape index (κ2) is 4.81. The highest BCUT2D eigenvalue weighted by Crippen LogP contribution is 2.33. The Hall–Kier alpha value is -2.22. The molecule has 0 radical (unpaired) electrons. The Morgan fingerprint density at radius 3 is 2.79 bits per heavy atom. The first-order valence-corrected chi connectivity index (χ1v) is 6.35. The van der Waals surface area contributed by atoms with Gasteiger partial charge in [-0.3, -0.25) is 4.79 Å². The number of fused-ring (bicyclic) bond motifs is 1. The summed E-state index contributed by atoms with van der Waals surface area (Å²) >= 11 is 0. The van der Waals surface area contributed by atoms with Gasteiger partial charge in [0.2, 0.25) is 6.10 Å². The van der Waals surface area contributed by atoms with E-state index in [1.54, 1.807) is 11.0 Å². The predicted octanol–water partition coefficient (Wildman–Crippen LogP) is 1.34. The van der Waals surface area contributed by atoms with Crippen molar-refractivity contribution < 1.29 is 14.3 Å². The first-order chi connectivity index (χ1) is 9.29. The van der Waals surface area contributed by atoms with Crippen LogP contribution in [0, 0.1) is 11.3 Å². The molecule has 0 N–H and O–H groups in total. The summed E-state index contributed by atoms with van der Waals surface area (Å²) in [5.74, 6) is 1.09. The van der Waals surface area contributed by atoms with Crippen LogP contribution < -0.4 is 9.47 Å². The van der Waals surface area contributed by atoms with E-state index in [1.807, 2.05) is 24.3 Å². The Bertz CT molecular complexity index is 534. The van der Waals surface area contributed by atoms with E-state index in [0.29, 0.717) is 11.5 Å². The summed E-state index contributed by atoms with van der Waals surface area (Å²) in [6.07, 6.45) is 1.29. The van der Waals surface area contributed by atoms with Crippen molar-refractivity contribution in [1.82, 2.24) is 4.90 Å². The summed E-state index contributed by atoms with van der Waals surface area (Å²) in [6.45, 7) is 0.315. The maximum absolute atomic E-state index is 12.3. The fourth-order valence-corrected chi connectivity index (χ4v) is 2.18. The van der Waals surface area contributed by atoms with Crippen LogP contribution in [-0.4, -0.2) is 36.1 Å². The van der Waals surface area contributed by atoms with Gasteiger partial charge in [0.1, 0.15) is 13.2 Å². The average Bonchev–Trinajstić information content (AvgIpc) is 3.28. The van der Waals surface area contributed by atoms with Crippen molar-refractivity contribution in [1.29, 1.82) is 5.26 Å². The highest BCUT2D eigenvalue weighted by Gasteiger charge is 2.38. The third-order valence-corrected chi connectivity index (χ3v) is 3.30. The molecule has 1 fully saturated rings. The summed E-state index contributed by atoms with van der Waals surface area (Å²) in [5.41, 5.74) is 0. The Kier molecular flexibility index (Phi) is 3.00. The molecule has 3 rings (SSSR count). The third-order valence-electron chi connectivity index (χ3n) is 3.30. The van der Waals surface area contributed by atoms with Gasteiger partial charge in [-0.25, -0.2) is 0 Å². The first kappa shape index (κ1) is 11.8. The number of hydrogen-bond acceptors (Lipinski definition) is 4. The van der Waals surface area contributed by atoms with Crippen molar-refractivity contribution in [3.05, 3.63) is 24.3 Å². The molecule has 1 aliphatic heterocycles. The molecule has 1 heterocycles. The van der Waals surface area contributed by atoms with E-state index in [4.69, 9.17) is 14.7 Å². The van der Waals surface area contributed by atoms with Gasteiger partial charge in [-0.2, -0.15) is 5.26 Å². The summed E-state index contributed by atoms with van der Waals surface area (Å²) in [5, 5.41) is 8.80. The molecule has 0 spiro atoms. The molecule has 1 atom stereocenters. The van der Waals surface area contributed by atoms with Gasteiger partial charge in [-0.05, 0) is 25.0 Å². The first-order valence-electron chi connectivity index (χ1n) is 6.35. The van der Waals surface area contributed by atoms with E-state index in [-0.39, 0.29) is 25.1 Å². The van der Waals surface area contributed by atoms with Crippen molar-refractivity contribution in [2.75, 3.05) is 13.2 Å². The Labute approximate surface area is 111 Å². The standard InChI is InChI=1S/C14H14N2O3/c15-7-8-16(10-5-6-10)14(17)13-9-18-11-3-1-2-4-12(11)19-13/h1-4,10,13H,5-6,8-9H2/t13-/m0/s1. The number of para-hydroxylation sites is 2. The molecule has 1 aromatic rings. The highest BCUT2D eigenvalue weighted by atomic mass is 16.6. The van der Waals surface area contributed by atoms with E-state index in [1.165, 1.54) is 0 Å². The van der Waals surface area contributed by atoms with E-state index in [2.05, 4.69) is 0 Å². The Morgan fingerprint density at radius 1 is 1.37 bits per heavy atom. The normalized spacial score (nSPS) is 20.5. The van der Waals surface area contributed by atoms with Crippen molar-refractivity contribution >= 4 is 5.91 Å². The van der Waals surface area contributed by atoms with Crippen LogP contribution in [0.2, 0.25) is 0 Å². The number of ether oxygens (including phenoxy) is 2. The molecule has 5 heteroatoms. The zero-order valence-electron chi connectivity index (χ0n) is 10.4. The lowest BCUT2D eigenvalue weighted by molar-refractivity contribution is -0.141. The minimum Gasteiger partial charge on any atom is -0.485 e. The largest absolute Gasteiger partial charge is 0.485 e. The summed E-state index contributed by atoms with van der Waals surface area (Å²) < 4.78 is 11.2. The average molecular weight is 258 g/mol. The van der Waals surface area contributed by atoms with Crippen molar-refractivity contribution in [2.45, 2.75) is 25.0 Å². The molecular formula is C14H14N2O3. The maximum atomic E-state index is 12.3. The lowest BCUT2D eigenvalue weighted by Gasteiger charge is -2.29. The highest BCUT2D eigenvalue weighted by molar-refractivity contribution is 5.82. The topological polar surface area (TPSA) is 62.6 Å². The van der Waals surface area contributed by atoms with E-state index in [0.717, 1.165) is 12.8 Å². The number of benzene rings is 1. The number of hydrogen-bond donors (Lipinski definition) is 0. The zero-order chi connectivity index (χ0) is 13.2. The van der Waals surface area contributed by atoms with Gasteiger partial charge in [0.05, 0.1) is 6.07 Å². The number of nitrogens with zero attached hydrogens (tertiary/aromatic N) is 2. The second-order valence-electron chi connectivity index (χ2n) is 4.72. The lowest BCUT2D eigenvalue weighted by Crippen LogP contribution is -2.47. The lowest BCUT2D eigenvalue weighted by atomic mass is 10.2. The fraction of sp³-hybridized carbons (Fsp3) is 0.429. The molecule has 1 aliphatic carbocycles. The third kappa shape index (κ3) is 2.34. The molecule has 0 aromatic heterocycles. The number of nitriles is 1. The van der Waals surface area contributed by atoms with Crippen LogP contribution >= 0.6 is 0 Å². The van der Waals surface area contributed by atoms with Gasteiger partial charge in [-0.15, -0.1) is 0 Å². The van der Waals surface area contributed by atoms with Crippen molar-refractivity contribution in [2.24, 2.45) is 0 Å². The fourth-order valence-electron chi connectivity index (χ4n) is 2.18. The second-order valence-corrected chi connectivity index (χ2v) is 4.72. The predicted molar refractivity (Wildman–Crippen MR) is 66.7 cm³/mol. The minimum absolute atomic E-state index is 0.116. The Balaban J connectivity index is 1.73. The van der Waals surface area contributed by atoms with Crippen LogP contribution in [0.4, 0.5) is 0 Å². The molecule has 2 aliphatic rings. The van der Waals surface area contributed by atoms with Crippen LogP contribution in [0.25, 0.3) is 0 Å². The van der Waals surface area contributed by atoms with Gasteiger partial charge in [-0.1, -0.05) is 12.1 Å². The minimum atomic E-state index is -0.649. The van der Waals surface area contributed by atoms with E-state index >= 15 is 0 Å². The molecule has 0 saturated heterocycles. The van der Waals surface area contributed by atoms with Crippen LogP contribution in [0.15, 0.2) is 24.3 Å². The maximum Gasteiger partial charge on any atom is 0.268 e. The zero-order valence-corrected chi connectivity index (χ0v) is 10.4. The molecule has 1 saturated carbocycles. The van der Waals surface area contributed by atoms with Gasteiger partial charge in [0.15, 0.2) is 11.5 Å². The molecule has 1 amide bonds. The van der Waals surface area contributed by atoms with Gasteiger partial charge >= 0.3 is 0 Å². The molecular weight excluding hydrogens is 244 g/mol. The van der Waals surface area contributed by atoms with Crippen LogP contribution in [0.5, 0.6) is 11.5 Å². The van der Waals surface area contributed by atoms with Gasteiger partial charge in [0.25, 0.3) is 5.91 Å². The summed E-state index contributed by atoms with van der Waals surface area (Å²) in [6, 6.07) is 9.52. The van der Waals surface area contributed by atoms with Crippen LogP contribution in [0.3, 0.4) is 0 Å². The molecule has 0 unspecified atom stereocenters. The number of carbonyl (C=O) groups excluding carboxylic acids is 1. The molecule has 98 valence electrons. The molecule has 5 nitrogen and oxygen atoms in total. The number of amides is 1. The number of rotatable bonds is 3. The molecule has 19 heavy (non-hydrogen) atoms. The smallest absolute Gasteiger partial charge is 0.268 e. The summed E-state index contributed by atoms with van der Waals surface area (Å²) in [4.78, 5) is 13.9. The van der Waals surface area contributed by atoms with Gasteiger partial charge in [0, 0.05) is 6.04 Å².